The van der Waals surface area contributed by atoms with E-state index in [4.69, 9.17) is 10.5 Å². The first kappa shape index (κ1) is 27.0. The molecule has 0 saturated carbocycles. The molecular weight excluding hydrogens is 475 g/mol. The van der Waals surface area contributed by atoms with Crippen LogP contribution in [-0.2, 0) is 11.0 Å². The lowest BCUT2D eigenvalue weighted by atomic mass is 10.0. The number of nitrogens with zero attached hydrogens (tertiary/aromatic N) is 4. The minimum atomic E-state index is -4.63. The number of rotatable bonds is 9. The Morgan fingerprint density at radius 2 is 1.89 bits per heavy atom. The number of likely N-dealkylation sites (N-methyl/N-ethyl adjacent to an activating group) is 1. The molecule has 9 nitrogen and oxygen atoms in total. The van der Waals surface area contributed by atoms with Crippen LogP contribution in [0, 0.1) is 11.3 Å². The molecule has 194 valence electrons. The van der Waals surface area contributed by atoms with Crippen molar-refractivity contribution in [2.75, 3.05) is 71.0 Å². The lowest BCUT2D eigenvalue weighted by molar-refractivity contribution is -0.139. The van der Waals surface area contributed by atoms with E-state index in [0.29, 0.717) is 25.2 Å². The highest BCUT2D eigenvalue weighted by atomic mass is 19.4. The number of nitrogens with two attached hydrogens (primary N) is 1. The Bertz CT molecular complexity index is 1110. The molecule has 2 aromatic rings. The van der Waals surface area contributed by atoms with Crippen LogP contribution >= 0.6 is 0 Å². The summed E-state index contributed by atoms with van der Waals surface area (Å²) in [4.78, 5) is 19.9. The molecule has 0 bridgehead atoms. The zero-order valence-electron chi connectivity index (χ0n) is 20.3. The number of nitrogens with one attached hydrogen (secondary N) is 2. The van der Waals surface area contributed by atoms with Crippen LogP contribution in [0.1, 0.15) is 17.7 Å². The molecule has 1 aromatic heterocycles. The summed E-state index contributed by atoms with van der Waals surface area (Å²) in [7, 11) is 3.20. The molecule has 1 aromatic carbocycles. The Morgan fingerprint density at radius 1 is 1.19 bits per heavy atom. The Balaban J connectivity index is 1.63. The quantitative estimate of drug-likeness (QED) is 0.445. The van der Waals surface area contributed by atoms with Crippen molar-refractivity contribution < 1.29 is 22.7 Å². The summed E-state index contributed by atoms with van der Waals surface area (Å²) < 4.78 is 47.0. The topological polar surface area (TPSA) is 120 Å². The maximum absolute atomic E-state index is 13.8. The fourth-order valence-corrected chi connectivity index (χ4v) is 3.96. The van der Waals surface area contributed by atoms with Crippen LogP contribution in [0.5, 0.6) is 5.75 Å². The summed E-state index contributed by atoms with van der Waals surface area (Å²) in [5.41, 5.74) is 5.80. The first-order valence-corrected chi connectivity index (χ1v) is 11.5. The zero-order chi connectivity index (χ0) is 26.3. The molecule has 2 heterocycles. The summed E-state index contributed by atoms with van der Waals surface area (Å²) in [6.45, 7) is 4.27. The minimum absolute atomic E-state index is 0.0245. The number of ether oxygens (including phenoxy) is 1. The Morgan fingerprint density at radius 3 is 2.50 bits per heavy atom. The Hall–Kier alpha value is -3.56. The Labute approximate surface area is 208 Å². The molecule has 0 aliphatic carbocycles. The van der Waals surface area contributed by atoms with Gasteiger partial charge < -0.3 is 26.0 Å². The van der Waals surface area contributed by atoms with Gasteiger partial charge in [-0.1, -0.05) is 0 Å². The van der Waals surface area contributed by atoms with Crippen LogP contribution in [0.2, 0.25) is 0 Å². The highest BCUT2D eigenvalue weighted by Crippen LogP contribution is 2.39. The molecule has 0 spiro atoms. The van der Waals surface area contributed by atoms with E-state index in [9.17, 15) is 23.2 Å². The minimum Gasteiger partial charge on any atom is -0.493 e. The molecule has 3 rings (SSSR count). The van der Waals surface area contributed by atoms with Crippen molar-refractivity contribution in [2.24, 2.45) is 0 Å². The molecule has 36 heavy (non-hydrogen) atoms. The predicted molar refractivity (Wildman–Crippen MR) is 130 cm³/mol. The molecule has 0 atom stereocenters. The highest BCUT2D eigenvalue weighted by molar-refractivity contribution is 5.78. The van der Waals surface area contributed by atoms with Gasteiger partial charge in [-0.2, -0.15) is 18.4 Å². The molecule has 1 saturated heterocycles. The lowest BCUT2D eigenvalue weighted by Crippen LogP contribution is -2.49. The SMILES string of the molecule is CNC(=O)CN1CCN(CCCOc2ccc(-c3cc(NC)c(N)c(C#N)n3)cc2C(F)(F)F)CC1. The van der Waals surface area contributed by atoms with Crippen LogP contribution < -0.4 is 21.1 Å². The second-order valence-corrected chi connectivity index (χ2v) is 8.38. The number of anilines is 2. The van der Waals surface area contributed by atoms with E-state index in [-0.39, 0.29) is 40.9 Å². The largest absolute Gasteiger partial charge is 0.493 e. The molecule has 1 aliphatic rings. The molecular formula is C24H30F3N7O2. The fourth-order valence-electron chi connectivity index (χ4n) is 3.96. The van der Waals surface area contributed by atoms with Gasteiger partial charge in [0, 0.05) is 52.4 Å². The van der Waals surface area contributed by atoms with Gasteiger partial charge in [-0.25, -0.2) is 4.98 Å². The third-order valence-corrected chi connectivity index (χ3v) is 6.00. The van der Waals surface area contributed by atoms with Crippen molar-refractivity contribution in [2.45, 2.75) is 12.6 Å². The maximum Gasteiger partial charge on any atom is 0.419 e. The number of hydrogen-bond donors (Lipinski definition) is 3. The van der Waals surface area contributed by atoms with E-state index in [1.54, 1.807) is 14.1 Å². The molecule has 0 radical (unpaired) electrons. The third kappa shape index (κ3) is 6.77. The van der Waals surface area contributed by atoms with Gasteiger partial charge in [0.15, 0.2) is 5.69 Å². The number of nitrogen functional groups attached to an aromatic ring is 1. The van der Waals surface area contributed by atoms with Crippen LogP contribution in [0.4, 0.5) is 24.5 Å². The second kappa shape index (κ2) is 11.9. The van der Waals surface area contributed by atoms with Crippen LogP contribution in [-0.4, -0.2) is 80.7 Å². The average Bonchev–Trinajstić information content (AvgIpc) is 2.87. The molecule has 12 heteroatoms. The summed E-state index contributed by atoms with van der Waals surface area (Å²) in [5.74, 6) is -0.282. The molecule has 4 N–H and O–H groups in total. The number of nitriles is 1. The van der Waals surface area contributed by atoms with E-state index in [1.165, 1.54) is 18.2 Å². The Kier molecular flexibility index (Phi) is 8.95. The molecule has 1 aliphatic heterocycles. The van der Waals surface area contributed by atoms with Crippen LogP contribution in [0.25, 0.3) is 11.3 Å². The van der Waals surface area contributed by atoms with E-state index in [1.807, 2.05) is 6.07 Å². The smallest absolute Gasteiger partial charge is 0.419 e. The summed E-state index contributed by atoms with van der Waals surface area (Å²) in [6.07, 6.45) is -4.07. The van der Waals surface area contributed by atoms with E-state index < -0.39 is 11.7 Å². The normalized spacial score (nSPS) is 14.8. The number of aromatic nitrogens is 1. The van der Waals surface area contributed by atoms with Gasteiger partial charge in [0.2, 0.25) is 5.91 Å². The molecule has 0 unspecified atom stereocenters. The average molecular weight is 506 g/mol. The number of alkyl halides is 3. The lowest BCUT2D eigenvalue weighted by Gasteiger charge is -2.34. The number of halogens is 3. The highest BCUT2D eigenvalue weighted by Gasteiger charge is 2.35. The number of pyridine rings is 1. The maximum atomic E-state index is 13.8. The van der Waals surface area contributed by atoms with Crippen molar-refractivity contribution in [1.29, 1.82) is 5.26 Å². The van der Waals surface area contributed by atoms with Gasteiger partial charge >= 0.3 is 6.18 Å². The van der Waals surface area contributed by atoms with Crippen LogP contribution in [0.15, 0.2) is 24.3 Å². The standard InChI is InChI=1S/C24H30F3N7O2/c1-30-19-13-18(32-20(14-28)23(19)29)16-4-5-21(17(12-16)24(25,26)27)36-11-3-6-33-7-9-34(10-8-33)15-22(35)31-2/h4-5,12-13H,3,6-11,15,29H2,1-2H3,(H,30,32)(H,31,35). The van der Waals surface area contributed by atoms with Gasteiger partial charge in [-0.15, -0.1) is 0 Å². The summed E-state index contributed by atoms with van der Waals surface area (Å²) in [5, 5.41) is 14.7. The third-order valence-electron chi connectivity index (χ3n) is 6.00. The molecule has 1 amide bonds. The predicted octanol–water partition coefficient (Wildman–Crippen LogP) is 2.40. The zero-order valence-corrected chi connectivity index (χ0v) is 20.3. The van der Waals surface area contributed by atoms with Crippen molar-refractivity contribution in [3.8, 4) is 23.1 Å². The van der Waals surface area contributed by atoms with Gasteiger partial charge in [0.1, 0.15) is 11.8 Å². The van der Waals surface area contributed by atoms with Gasteiger partial charge in [0.05, 0.1) is 35.8 Å². The summed E-state index contributed by atoms with van der Waals surface area (Å²) in [6, 6.07) is 7.09. The van der Waals surface area contributed by atoms with E-state index in [0.717, 1.165) is 32.2 Å². The van der Waals surface area contributed by atoms with Gasteiger partial charge in [0.25, 0.3) is 0 Å². The number of benzene rings is 1. The second-order valence-electron chi connectivity index (χ2n) is 8.38. The summed E-state index contributed by atoms with van der Waals surface area (Å²) >= 11 is 0. The first-order valence-electron chi connectivity index (χ1n) is 11.5. The van der Waals surface area contributed by atoms with Crippen molar-refractivity contribution in [3.05, 3.63) is 35.5 Å². The number of piperazine rings is 1. The van der Waals surface area contributed by atoms with Crippen molar-refractivity contribution in [1.82, 2.24) is 20.1 Å². The fraction of sp³-hybridized carbons (Fsp3) is 0.458. The number of carbonyl (C=O) groups is 1. The van der Waals surface area contributed by atoms with E-state index in [2.05, 4.69) is 25.4 Å². The van der Waals surface area contributed by atoms with Crippen molar-refractivity contribution in [3.63, 3.8) is 0 Å². The number of amides is 1. The van der Waals surface area contributed by atoms with Gasteiger partial charge in [-0.3, -0.25) is 9.69 Å². The number of hydrogen-bond acceptors (Lipinski definition) is 8. The monoisotopic (exact) mass is 505 g/mol. The van der Waals surface area contributed by atoms with Crippen molar-refractivity contribution >= 4 is 17.3 Å². The number of carbonyl (C=O) groups excluding carboxylic acids is 1. The van der Waals surface area contributed by atoms with Gasteiger partial charge in [-0.05, 0) is 30.7 Å². The van der Waals surface area contributed by atoms with Crippen LogP contribution in [0.3, 0.4) is 0 Å². The first-order chi connectivity index (χ1) is 17.2. The van der Waals surface area contributed by atoms with E-state index >= 15 is 0 Å². The molecule has 1 fully saturated rings.